The number of halogens is 1. The molecule has 2 unspecified atom stereocenters. The van der Waals surface area contributed by atoms with E-state index >= 15 is 0 Å². The summed E-state index contributed by atoms with van der Waals surface area (Å²) in [4.78, 5) is 13.8. The van der Waals surface area contributed by atoms with Crippen molar-refractivity contribution in [1.82, 2.24) is 14.9 Å². The fourth-order valence-electron chi connectivity index (χ4n) is 3.30. The van der Waals surface area contributed by atoms with Crippen molar-refractivity contribution in [2.75, 3.05) is 31.6 Å². The van der Waals surface area contributed by atoms with Gasteiger partial charge in [0.2, 0.25) is 5.95 Å². The first-order valence-electron chi connectivity index (χ1n) is 6.67. The lowest BCUT2D eigenvalue weighted by Crippen LogP contribution is -2.53. The number of hydrogen-bond donors (Lipinski definition) is 0. The van der Waals surface area contributed by atoms with Gasteiger partial charge in [-0.05, 0) is 61.4 Å². The van der Waals surface area contributed by atoms with Gasteiger partial charge < -0.3 is 9.80 Å². The molecule has 3 heterocycles. The van der Waals surface area contributed by atoms with E-state index in [-0.39, 0.29) is 0 Å². The first kappa shape index (κ1) is 12.6. The summed E-state index contributed by atoms with van der Waals surface area (Å²) in [6.07, 6.45) is 7.75. The predicted molar refractivity (Wildman–Crippen MR) is 80.7 cm³/mol. The molecule has 2 aliphatic rings. The molecule has 2 aliphatic heterocycles. The maximum Gasteiger partial charge on any atom is 0.225 e. The van der Waals surface area contributed by atoms with E-state index in [0.29, 0.717) is 0 Å². The zero-order valence-electron chi connectivity index (χ0n) is 10.7. The van der Waals surface area contributed by atoms with Crippen LogP contribution in [0, 0.1) is 9.49 Å². The molecule has 0 N–H and O–H groups in total. The highest BCUT2D eigenvalue weighted by atomic mass is 127. The Bertz CT molecular complexity index is 408. The maximum absolute atomic E-state index is 4.45. The van der Waals surface area contributed by atoms with Gasteiger partial charge >= 0.3 is 0 Å². The minimum Gasteiger partial charge on any atom is -0.340 e. The number of nitrogens with zero attached hydrogens (tertiary/aromatic N) is 4. The Kier molecular flexibility index (Phi) is 3.70. The average molecular weight is 358 g/mol. The van der Waals surface area contributed by atoms with E-state index in [1.807, 2.05) is 12.4 Å². The van der Waals surface area contributed by atoms with Gasteiger partial charge in [-0.15, -0.1) is 0 Å². The van der Waals surface area contributed by atoms with Crippen molar-refractivity contribution in [3.05, 3.63) is 16.0 Å². The largest absolute Gasteiger partial charge is 0.340 e. The molecule has 1 aromatic rings. The molecule has 2 saturated heterocycles. The summed E-state index contributed by atoms with van der Waals surface area (Å²) in [7, 11) is 2.27. The summed E-state index contributed by atoms with van der Waals surface area (Å²) in [5.74, 6) is 1.70. The van der Waals surface area contributed by atoms with Crippen LogP contribution in [0.15, 0.2) is 12.4 Å². The normalized spacial score (nSPS) is 29.1. The second-order valence-corrected chi connectivity index (χ2v) is 6.63. The second kappa shape index (κ2) is 5.28. The first-order valence-corrected chi connectivity index (χ1v) is 7.74. The standard InChI is InChI=1S/C13H19IN4/c1-17-5-2-3-10-9-18(6-4-12(10)17)13-15-7-11(14)8-16-13/h7-8,10,12H,2-6,9H2,1H3. The van der Waals surface area contributed by atoms with Crippen LogP contribution in [0.3, 0.4) is 0 Å². The van der Waals surface area contributed by atoms with E-state index in [9.17, 15) is 0 Å². The van der Waals surface area contributed by atoms with Gasteiger partial charge in [0.25, 0.3) is 0 Å². The van der Waals surface area contributed by atoms with Gasteiger partial charge in [0.05, 0.1) is 0 Å². The van der Waals surface area contributed by atoms with Gasteiger partial charge in [0.1, 0.15) is 0 Å². The van der Waals surface area contributed by atoms with Crippen LogP contribution >= 0.6 is 22.6 Å². The maximum atomic E-state index is 4.45. The lowest BCUT2D eigenvalue weighted by Gasteiger charge is -2.45. The zero-order chi connectivity index (χ0) is 12.5. The molecule has 0 aromatic carbocycles. The third-order valence-corrected chi connectivity index (χ3v) is 4.79. The predicted octanol–water partition coefficient (Wildman–Crippen LogP) is 2.00. The summed E-state index contributed by atoms with van der Waals surface area (Å²) in [6, 6.07) is 0.777. The first-order chi connectivity index (χ1) is 8.74. The molecule has 0 radical (unpaired) electrons. The van der Waals surface area contributed by atoms with Gasteiger partial charge in [-0.3, -0.25) is 0 Å². The lowest BCUT2D eigenvalue weighted by molar-refractivity contribution is 0.102. The van der Waals surface area contributed by atoms with E-state index in [2.05, 4.69) is 49.4 Å². The Morgan fingerprint density at radius 3 is 2.78 bits per heavy atom. The van der Waals surface area contributed by atoms with Crippen LogP contribution in [0.5, 0.6) is 0 Å². The van der Waals surface area contributed by atoms with Crippen molar-refractivity contribution in [2.45, 2.75) is 25.3 Å². The summed E-state index contributed by atoms with van der Waals surface area (Å²) in [5, 5.41) is 0. The molecule has 98 valence electrons. The quantitative estimate of drug-likeness (QED) is 0.719. The van der Waals surface area contributed by atoms with Crippen molar-refractivity contribution in [2.24, 2.45) is 5.92 Å². The minimum absolute atomic E-state index is 0.777. The molecule has 0 spiro atoms. The number of rotatable bonds is 1. The van der Waals surface area contributed by atoms with Crippen LogP contribution in [0.2, 0.25) is 0 Å². The fourth-order valence-corrected chi connectivity index (χ4v) is 3.58. The van der Waals surface area contributed by atoms with Crippen LogP contribution in [-0.4, -0.2) is 47.6 Å². The van der Waals surface area contributed by atoms with Gasteiger partial charge in [-0.25, -0.2) is 9.97 Å². The molecule has 0 bridgehead atoms. The number of piperidine rings is 2. The Labute approximate surface area is 122 Å². The Hall–Kier alpha value is -0.430. The highest BCUT2D eigenvalue weighted by molar-refractivity contribution is 14.1. The Balaban J connectivity index is 1.72. The van der Waals surface area contributed by atoms with Gasteiger partial charge in [-0.2, -0.15) is 0 Å². The number of likely N-dealkylation sites (tertiary alicyclic amines) is 1. The van der Waals surface area contributed by atoms with Crippen molar-refractivity contribution >= 4 is 28.5 Å². The van der Waals surface area contributed by atoms with E-state index in [1.54, 1.807) is 0 Å². The second-order valence-electron chi connectivity index (χ2n) is 5.39. The molecular weight excluding hydrogens is 339 g/mol. The summed E-state index contributed by atoms with van der Waals surface area (Å²) in [6.45, 7) is 3.48. The molecule has 2 atom stereocenters. The summed E-state index contributed by atoms with van der Waals surface area (Å²) < 4.78 is 1.10. The SMILES string of the molecule is CN1CCCC2CN(c3ncc(I)cn3)CCC21. The van der Waals surface area contributed by atoms with E-state index in [0.717, 1.165) is 34.6 Å². The number of fused-ring (bicyclic) bond motifs is 1. The monoisotopic (exact) mass is 358 g/mol. The Morgan fingerprint density at radius 1 is 1.22 bits per heavy atom. The van der Waals surface area contributed by atoms with Crippen LogP contribution in [0.1, 0.15) is 19.3 Å². The fraction of sp³-hybridized carbons (Fsp3) is 0.692. The molecule has 0 amide bonds. The van der Waals surface area contributed by atoms with Gasteiger partial charge in [-0.1, -0.05) is 0 Å². The van der Waals surface area contributed by atoms with Gasteiger partial charge in [0, 0.05) is 35.1 Å². The van der Waals surface area contributed by atoms with Crippen molar-refractivity contribution < 1.29 is 0 Å². The van der Waals surface area contributed by atoms with Crippen molar-refractivity contribution in [1.29, 1.82) is 0 Å². The van der Waals surface area contributed by atoms with E-state index < -0.39 is 0 Å². The molecule has 1 aromatic heterocycles. The number of hydrogen-bond acceptors (Lipinski definition) is 4. The minimum atomic E-state index is 0.777. The van der Waals surface area contributed by atoms with Gasteiger partial charge in [0.15, 0.2) is 0 Å². The lowest BCUT2D eigenvalue weighted by atomic mass is 9.84. The molecule has 5 heteroatoms. The molecule has 2 fully saturated rings. The molecule has 18 heavy (non-hydrogen) atoms. The van der Waals surface area contributed by atoms with Crippen LogP contribution < -0.4 is 4.90 Å². The Morgan fingerprint density at radius 2 is 2.00 bits per heavy atom. The highest BCUT2D eigenvalue weighted by Gasteiger charge is 2.34. The third-order valence-electron chi connectivity index (χ3n) is 4.24. The smallest absolute Gasteiger partial charge is 0.225 e. The summed E-state index contributed by atoms with van der Waals surface area (Å²) >= 11 is 2.25. The molecule has 4 nitrogen and oxygen atoms in total. The zero-order valence-corrected chi connectivity index (χ0v) is 12.9. The molecule has 0 aliphatic carbocycles. The van der Waals surface area contributed by atoms with Crippen LogP contribution in [-0.2, 0) is 0 Å². The van der Waals surface area contributed by atoms with Crippen LogP contribution in [0.4, 0.5) is 5.95 Å². The molecule has 3 rings (SSSR count). The number of anilines is 1. The van der Waals surface area contributed by atoms with Crippen molar-refractivity contribution in [3.8, 4) is 0 Å². The molecular formula is C13H19IN4. The third kappa shape index (κ3) is 2.47. The summed E-state index contributed by atoms with van der Waals surface area (Å²) in [5.41, 5.74) is 0. The van der Waals surface area contributed by atoms with E-state index in [1.165, 1.54) is 25.8 Å². The highest BCUT2D eigenvalue weighted by Crippen LogP contribution is 2.30. The van der Waals surface area contributed by atoms with E-state index in [4.69, 9.17) is 0 Å². The van der Waals surface area contributed by atoms with Crippen LogP contribution in [0.25, 0.3) is 0 Å². The number of aromatic nitrogens is 2. The van der Waals surface area contributed by atoms with Crippen molar-refractivity contribution in [3.63, 3.8) is 0 Å². The molecule has 0 saturated carbocycles. The average Bonchev–Trinajstić information content (AvgIpc) is 2.39. The topological polar surface area (TPSA) is 32.3 Å².